The fraction of sp³-hybridized carbons (Fsp3) is 0.241. The molecule has 0 heterocycles. The molecule has 2 unspecified atom stereocenters. The van der Waals surface area contributed by atoms with Gasteiger partial charge >= 0.3 is 6.18 Å². The predicted octanol–water partition coefficient (Wildman–Crippen LogP) is 8.34. The van der Waals surface area contributed by atoms with Crippen molar-refractivity contribution in [2.45, 2.75) is 38.5 Å². The van der Waals surface area contributed by atoms with Gasteiger partial charge in [0, 0.05) is 12.1 Å². The van der Waals surface area contributed by atoms with Crippen molar-refractivity contribution < 1.29 is 17.9 Å². The summed E-state index contributed by atoms with van der Waals surface area (Å²) in [6.45, 7) is 4.25. The minimum Gasteiger partial charge on any atom is -0.497 e. The number of ether oxygens (including phenoxy) is 1. The van der Waals surface area contributed by atoms with Gasteiger partial charge < -0.3 is 10.1 Å². The zero-order valence-corrected chi connectivity index (χ0v) is 19.5. The van der Waals surface area contributed by atoms with E-state index in [4.69, 9.17) is 4.74 Å². The van der Waals surface area contributed by atoms with Gasteiger partial charge in [-0.3, -0.25) is 0 Å². The fourth-order valence-electron chi connectivity index (χ4n) is 4.37. The van der Waals surface area contributed by atoms with Crippen LogP contribution in [0.15, 0.2) is 84.9 Å². The summed E-state index contributed by atoms with van der Waals surface area (Å²) >= 11 is 0. The Bertz CT molecular complexity index is 1260. The van der Waals surface area contributed by atoms with Gasteiger partial charge in [0.25, 0.3) is 0 Å². The SMILES string of the molecule is CCC(NC(C)c1cccc(OC)c1)c1cc(-c2ccc(C(F)(F)F)cc2)c2ccccc2c1. The van der Waals surface area contributed by atoms with Gasteiger partial charge in [0.1, 0.15) is 5.75 Å². The summed E-state index contributed by atoms with van der Waals surface area (Å²) in [4.78, 5) is 0. The monoisotopic (exact) mass is 463 g/mol. The van der Waals surface area contributed by atoms with Gasteiger partial charge in [-0.15, -0.1) is 0 Å². The van der Waals surface area contributed by atoms with Crippen LogP contribution in [0.5, 0.6) is 5.75 Å². The van der Waals surface area contributed by atoms with Gasteiger partial charge in [-0.25, -0.2) is 0 Å². The number of hydrogen-bond acceptors (Lipinski definition) is 2. The molecule has 0 aromatic heterocycles. The van der Waals surface area contributed by atoms with Crippen LogP contribution in [0, 0.1) is 0 Å². The maximum atomic E-state index is 13.1. The molecule has 0 bridgehead atoms. The first kappa shape index (κ1) is 23.8. The molecule has 4 aromatic carbocycles. The molecule has 0 saturated heterocycles. The van der Waals surface area contributed by atoms with Crippen LogP contribution in [-0.4, -0.2) is 7.11 Å². The molecule has 0 amide bonds. The molecular formula is C29H28F3NO. The molecule has 0 fully saturated rings. The second-order valence-corrected chi connectivity index (χ2v) is 8.49. The standard InChI is InChI=1S/C29H28F3NO/c1-4-28(33-19(2)21-9-7-10-25(17-21)34-3)23-16-22-8-5-6-11-26(22)27(18-23)20-12-14-24(15-13-20)29(30,31)32/h5-19,28,33H,4H2,1-3H3. The van der Waals surface area contributed by atoms with E-state index in [2.05, 4.69) is 37.4 Å². The highest BCUT2D eigenvalue weighted by atomic mass is 19.4. The molecule has 0 saturated carbocycles. The molecule has 0 aliphatic heterocycles. The average molecular weight is 464 g/mol. The molecule has 0 radical (unpaired) electrons. The number of halogens is 3. The summed E-state index contributed by atoms with van der Waals surface area (Å²) in [5.74, 6) is 0.814. The molecule has 0 spiro atoms. The summed E-state index contributed by atoms with van der Waals surface area (Å²) < 4.78 is 44.6. The molecule has 0 aliphatic rings. The van der Waals surface area contributed by atoms with E-state index in [1.165, 1.54) is 0 Å². The number of methoxy groups -OCH3 is 1. The first-order chi connectivity index (χ1) is 16.3. The first-order valence-electron chi connectivity index (χ1n) is 11.4. The third-order valence-corrected chi connectivity index (χ3v) is 6.26. The van der Waals surface area contributed by atoms with E-state index < -0.39 is 11.7 Å². The van der Waals surface area contributed by atoms with Crippen molar-refractivity contribution in [1.29, 1.82) is 0 Å². The van der Waals surface area contributed by atoms with Crippen molar-refractivity contribution in [3.63, 3.8) is 0 Å². The summed E-state index contributed by atoms with van der Waals surface area (Å²) in [5, 5.41) is 5.79. The minimum atomic E-state index is -4.35. The Hall–Kier alpha value is -3.31. The molecule has 1 N–H and O–H groups in total. The minimum absolute atomic E-state index is 0.0685. The Morgan fingerprint density at radius 2 is 1.59 bits per heavy atom. The van der Waals surface area contributed by atoms with E-state index >= 15 is 0 Å². The summed E-state index contributed by atoms with van der Waals surface area (Å²) in [5.41, 5.74) is 3.28. The van der Waals surface area contributed by atoms with E-state index in [9.17, 15) is 13.2 Å². The molecule has 0 aliphatic carbocycles. The highest BCUT2D eigenvalue weighted by molar-refractivity contribution is 5.97. The lowest BCUT2D eigenvalue weighted by atomic mass is 9.91. The quantitative estimate of drug-likeness (QED) is 0.297. The van der Waals surface area contributed by atoms with Crippen molar-refractivity contribution in [3.05, 3.63) is 102 Å². The fourth-order valence-corrected chi connectivity index (χ4v) is 4.37. The number of fused-ring (bicyclic) bond motifs is 1. The normalized spacial score (nSPS) is 13.6. The van der Waals surface area contributed by atoms with Gasteiger partial charge in [0.05, 0.1) is 12.7 Å². The smallest absolute Gasteiger partial charge is 0.416 e. The van der Waals surface area contributed by atoms with Crippen LogP contribution in [-0.2, 0) is 6.18 Å². The largest absolute Gasteiger partial charge is 0.497 e. The van der Waals surface area contributed by atoms with Crippen molar-refractivity contribution >= 4 is 10.8 Å². The van der Waals surface area contributed by atoms with Crippen molar-refractivity contribution in [2.24, 2.45) is 0 Å². The van der Waals surface area contributed by atoms with E-state index in [0.717, 1.165) is 57.3 Å². The number of alkyl halides is 3. The second-order valence-electron chi connectivity index (χ2n) is 8.49. The lowest BCUT2D eigenvalue weighted by Gasteiger charge is -2.24. The van der Waals surface area contributed by atoms with E-state index in [1.807, 2.05) is 42.5 Å². The average Bonchev–Trinajstić information content (AvgIpc) is 2.86. The maximum absolute atomic E-state index is 13.1. The van der Waals surface area contributed by atoms with Crippen LogP contribution in [0.4, 0.5) is 13.2 Å². The lowest BCUT2D eigenvalue weighted by molar-refractivity contribution is -0.137. The van der Waals surface area contributed by atoms with Crippen LogP contribution in [0.2, 0.25) is 0 Å². The number of hydrogen-bond donors (Lipinski definition) is 1. The summed E-state index contributed by atoms with van der Waals surface area (Å²) in [7, 11) is 1.66. The van der Waals surface area contributed by atoms with Crippen molar-refractivity contribution in [2.75, 3.05) is 7.11 Å². The second kappa shape index (κ2) is 9.90. The number of rotatable bonds is 7. The number of nitrogens with one attached hydrogen (secondary N) is 1. The van der Waals surface area contributed by atoms with Crippen LogP contribution < -0.4 is 10.1 Å². The third kappa shape index (κ3) is 5.10. The molecule has 176 valence electrons. The van der Waals surface area contributed by atoms with Crippen molar-refractivity contribution in [3.8, 4) is 16.9 Å². The lowest BCUT2D eigenvalue weighted by Crippen LogP contribution is -2.24. The highest BCUT2D eigenvalue weighted by Crippen LogP contribution is 2.36. The predicted molar refractivity (Wildman–Crippen MR) is 132 cm³/mol. The molecule has 4 rings (SSSR count). The Morgan fingerprint density at radius 3 is 2.26 bits per heavy atom. The Morgan fingerprint density at radius 1 is 0.853 bits per heavy atom. The zero-order chi connectivity index (χ0) is 24.3. The Kier molecular flexibility index (Phi) is 6.94. The van der Waals surface area contributed by atoms with Gasteiger partial charge in [-0.2, -0.15) is 13.2 Å². The molecule has 2 atom stereocenters. The van der Waals surface area contributed by atoms with Gasteiger partial charge in [-0.1, -0.05) is 55.5 Å². The van der Waals surface area contributed by atoms with Gasteiger partial charge in [0.15, 0.2) is 0 Å². The highest BCUT2D eigenvalue weighted by Gasteiger charge is 2.30. The molecular weight excluding hydrogens is 435 g/mol. The molecule has 5 heteroatoms. The van der Waals surface area contributed by atoms with Crippen LogP contribution >= 0.6 is 0 Å². The van der Waals surface area contributed by atoms with Crippen LogP contribution in [0.1, 0.15) is 49.0 Å². The Labute approximate surface area is 198 Å². The first-order valence-corrected chi connectivity index (χ1v) is 11.4. The zero-order valence-electron chi connectivity index (χ0n) is 19.5. The molecule has 4 aromatic rings. The van der Waals surface area contributed by atoms with Crippen molar-refractivity contribution in [1.82, 2.24) is 5.32 Å². The van der Waals surface area contributed by atoms with Gasteiger partial charge in [-0.05, 0) is 82.8 Å². The topological polar surface area (TPSA) is 21.3 Å². The third-order valence-electron chi connectivity index (χ3n) is 6.26. The van der Waals surface area contributed by atoms with E-state index in [-0.39, 0.29) is 12.1 Å². The molecule has 2 nitrogen and oxygen atoms in total. The van der Waals surface area contributed by atoms with Gasteiger partial charge in [0.2, 0.25) is 0 Å². The van der Waals surface area contributed by atoms with Crippen LogP contribution in [0.25, 0.3) is 21.9 Å². The van der Waals surface area contributed by atoms with Crippen LogP contribution in [0.3, 0.4) is 0 Å². The molecule has 34 heavy (non-hydrogen) atoms. The Balaban J connectivity index is 1.72. The summed E-state index contributed by atoms with van der Waals surface area (Å²) in [6.07, 6.45) is -3.49. The van der Waals surface area contributed by atoms with E-state index in [0.29, 0.717) is 0 Å². The van der Waals surface area contributed by atoms with E-state index in [1.54, 1.807) is 19.2 Å². The maximum Gasteiger partial charge on any atom is 0.416 e. The number of benzene rings is 4. The summed E-state index contributed by atoms with van der Waals surface area (Å²) in [6, 6.07) is 25.8.